The van der Waals surface area contributed by atoms with Gasteiger partial charge in [-0.05, 0) is 36.4 Å². The third kappa shape index (κ3) is 3.88. The maximum Gasteiger partial charge on any atom is 0.227 e. The Morgan fingerprint density at radius 2 is 1.87 bits per heavy atom. The molecule has 1 aliphatic heterocycles. The van der Waals surface area contributed by atoms with Crippen molar-refractivity contribution >= 4 is 39.9 Å². The molecule has 3 aromatic heterocycles. The van der Waals surface area contributed by atoms with E-state index < -0.39 is 0 Å². The lowest BCUT2D eigenvalue weighted by atomic mass is 10.2. The molecule has 0 spiro atoms. The Morgan fingerprint density at radius 3 is 2.63 bits per heavy atom. The Labute approximate surface area is 177 Å². The average molecular weight is 420 g/mol. The number of hydrogen-bond acceptors (Lipinski definition) is 8. The van der Waals surface area contributed by atoms with Crippen molar-refractivity contribution in [1.82, 2.24) is 20.1 Å². The lowest BCUT2D eigenvalue weighted by Crippen LogP contribution is -2.23. The number of fused-ring (bicyclic) bond motifs is 1. The highest BCUT2D eigenvalue weighted by atomic mass is 32.1. The normalized spacial score (nSPS) is 13.8. The van der Waals surface area contributed by atoms with Crippen molar-refractivity contribution in [1.29, 1.82) is 0 Å². The summed E-state index contributed by atoms with van der Waals surface area (Å²) in [4.78, 5) is 29.6. The summed E-state index contributed by atoms with van der Waals surface area (Å²) < 4.78 is 5.28. The van der Waals surface area contributed by atoms with Crippen LogP contribution < -0.4 is 10.2 Å². The van der Waals surface area contributed by atoms with Crippen LogP contribution in [0.15, 0.2) is 46.3 Å². The van der Waals surface area contributed by atoms with Crippen molar-refractivity contribution < 1.29 is 9.32 Å². The first-order chi connectivity index (χ1) is 14.8. The standard InChI is InChI=1S/C21H20N6O2S/c28-17(9-10-18-25-19(26-29-18)16-8-5-13-30-16)24-20-21(27-11-3-4-12-27)23-15-7-2-1-6-14(15)22-20/h1-2,5-8,13H,3-4,9-12H2,(H,22,24,28). The Hall–Kier alpha value is -3.33. The Morgan fingerprint density at radius 1 is 1.07 bits per heavy atom. The number of aryl methyl sites for hydroxylation is 1. The van der Waals surface area contributed by atoms with E-state index in [0.717, 1.165) is 47.7 Å². The summed E-state index contributed by atoms with van der Waals surface area (Å²) in [6.45, 7) is 1.84. The molecule has 30 heavy (non-hydrogen) atoms. The molecular weight excluding hydrogens is 400 g/mol. The van der Waals surface area contributed by atoms with Gasteiger partial charge in [-0.2, -0.15) is 4.98 Å². The quantitative estimate of drug-likeness (QED) is 0.505. The molecule has 8 nitrogen and oxygen atoms in total. The summed E-state index contributed by atoms with van der Waals surface area (Å²) in [5, 5.41) is 8.89. The third-order valence-electron chi connectivity index (χ3n) is 4.99. The molecule has 0 unspecified atom stereocenters. The van der Waals surface area contributed by atoms with E-state index in [2.05, 4.69) is 25.3 Å². The van der Waals surface area contributed by atoms with Crippen molar-refractivity contribution in [3.63, 3.8) is 0 Å². The van der Waals surface area contributed by atoms with Crippen molar-refractivity contribution in [2.24, 2.45) is 0 Å². The van der Waals surface area contributed by atoms with Crippen molar-refractivity contribution in [3.05, 3.63) is 47.7 Å². The number of benzene rings is 1. The number of rotatable bonds is 6. The van der Waals surface area contributed by atoms with E-state index in [-0.39, 0.29) is 12.3 Å². The van der Waals surface area contributed by atoms with Gasteiger partial charge in [-0.1, -0.05) is 23.4 Å². The van der Waals surface area contributed by atoms with Crippen molar-refractivity contribution in [2.75, 3.05) is 23.3 Å². The van der Waals surface area contributed by atoms with Crippen LogP contribution in [-0.2, 0) is 11.2 Å². The molecule has 4 aromatic rings. The summed E-state index contributed by atoms with van der Waals surface area (Å²) in [6.07, 6.45) is 2.82. The van der Waals surface area contributed by atoms with Crippen LogP contribution in [0.1, 0.15) is 25.2 Å². The molecule has 1 aliphatic rings. The fourth-order valence-corrected chi connectivity index (χ4v) is 4.15. The molecule has 1 saturated heterocycles. The second-order valence-corrected chi connectivity index (χ2v) is 8.06. The van der Waals surface area contributed by atoms with Gasteiger partial charge in [0.1, 0.15) is 0 Å². The fraction of sp³-hybridized carbons (Fsp3) is 0.286. The van der Waals surface area contributed by atoms with Gasteiger partial charge in [-0.25, -0.2) is 9.97 Å². The molecule has 9 heteroatoms. The number of carbonyl (C=O) groups is 1. The van der Waals surface area contributed by atoms with Crippen LogP contribution in [0.4, 0.5) is 11.6 Å². The molecule has 0 bridgehead atoms. The Bertz CT molecular complexity index is 1170. The predicted molar refractivity (Wildman–Crippen MR) is 116 cm³/mol. The van der Waals surface area contributed by atoms with Gasteiger partial charge in [0, 0.05) is 25.9 Å². The first-order valence-corrected chi connectivity index (χ1v) is 10.8. The first-order valence-electron chi connectivity index (χ1n) is 9.94. The minimum absolute atomic E-state index is 0.157. The molecule has 4 heterocycles. The van der Waals surface area contributed by atoms with Gasteiger partial charge in [0.15, 0.2) is 11.6 Å². The van der Waals surface area contributed by atoms with Crippen molar-refractivity contribution in [3.8, 4) is 10.7 Å². The van der Waals surface area contributed by atoms with Crippen LogP contribution in [0.2, 0.25) is 0 Å². The van der Waals surface area contributed by atoms with E-state index in [9.17, 15) is 4.79 Å². The molecule has 0 saturated carbocycles. The summed E-state index contributed by atoms with van der Waals surface area (Å²) in [5.74, 6) is 2.08. The molecule has 1 aromatic carbocycles. The van der Waals surface area contributed by atoms with Crippen LogP contribution in [0.25, 0.3) is 21.7 Å². The lowest BCUT2D eigenvalue weighted by Gasteiger charge is -2.20. The maximum atomic E-state index is 12.6. The van der Waals surface area contributed by atoms with E-state index in [1.165, 1.54) is 0 Å². The van der Waals surface area contributed by atoms with Crippen LogP contribution in [0, 0.1) is 0 Å². The SMILES string of the molecule is O=C(CCc1nc(-c2cccs2)no1)Nc1nc2ccccc2nc1N1CCCC1. The number of carbonyl (C=O) groups excluding carboxylic acids is 1. The van der Waals surface area contributed by atoms with Gasteiger partial charge in [-0.15, -0.1) is 11.3 Å². The lowest BCUT2D eigenvalue weighted by molar-refractivity contribution is -0.116. The molecular formula is C21H20N6O2S. The Kier molecular flexibility index (Phi) is 5.10. The van der Waals surface area contributed by atoms with Gasteiger partial charge in [-0.3, -0.25) is 4.79 Å². The number of para-hydroxylation sites is 2. The third-order valence-corrected chi connectivity index (χ3v) is 5.86. The molecule has 0 aliphatic carbocycles. The Balaban J connectivity index is 1.31. The van der Waals surface area contributed by atoms with E-state index >= 15 is 0 Å². The van der Waals surface area contributed by atoms with E-state index in [1.807, 2.05) is 41.8 Å². The molecule has 0 radical (unpaired) electrons. The predicted octanol–water partition coefficient (Wildman–Crippen LogP) is 3.91. The number of nitrogens with zero attached hydrogens (tertiary/aromatic N) is 5. The summed E-state index contributed by atoms with van der Waals surface area (Å²) in [7, 11) is 0. The minimum Gasteiger partial charge on any atom is -0.354 e. The highest BCUT2D eigenvalue weighted by Crippen LogP contribution is 2.28. The number of aromatic nitrogens is 4. The zero-order valence-corrected chi connectivity index (χ0v) is 17.1. The van der Waals surface area contributed by atoms with Crippen LogP contribution in [0.3, 0.4) is 0 Å². The minimum atomic E-state index is -0.157. The van der Waals surface area contributed by atoms with E-state index in [1.54, 1.807) is 11.3 Å². The number of nitrogens with one attached hydrogen (secondary N) is 1. The smallest absolute Gasteiger partial charge is 0.227 e. The summed E-state index contributed by atoms with van der Waals surface area (Å²) in [6, 6.07) is 11.6. The van der Waals surface area contributed by atoms with Crippen molar-refractivity contribution in [2.45, 2.75) is 25.7 Å². The van der Waals surface area contributed by atoms with Gasteiger partial charge >= 0.3 is 0 Å². The van der Waals surface area contributed by atoms with Crippen LogP contribution in [-0.4, -0.2) is 39.1 Å². The number of hydrogen-bond donors (Lipinski definition) is 1. The number of anilines is 2. The number of amides is 1. The molecule has 152 valence electrons. The second kappa shape index (κ2) is 8.19. The van der Waals surface area contributed by atoms with Gasteiger partial charge in [0.25, 0.3) is 0 Å². The zero-order valence-electron chi connectivity index (χ0n) is 16.2. The van der Waals surface area contributed by atoms with Gasteiger partial charge in [0.2, 0.25) is 17.6 Å². The maximum absolute atomic E-state index is 12.6. The molecule has 1 N–H and O–H groups in total. The average Bonchev–Trinajstić information content (AvgIpc) is 3.54. The monoisotopic (exact) mass is 420 g/mol. The molecule has 1 fully saturated rings. The highest BCUT2D eigenvalue weighted by Gasteiger charge is 2.21. The highest BCUT2D eigenvalue weighted by molar-refractivity contribution is 7.13. The fourth-order valence-electron chi connectivity index (χ4n) is 3.50. The van der Waals surface area contributed by atoms with Crippen LogP contribution >= 0.6 is 11.3 Å². The largest absolute Gasteiger partial charge is 0.354 e. The van der Waals surface area contributed by atoms with Gasteiger partial charge < -0.3 is 14.7 Å². The van der Waals surface area contributed by atoms with Crippen LogP contribution in [0.5, 0.6) is 0 Å². The molecule has 1 amide bonds. The zero-order chi connectivity index (χ0) is 20.3. The van der Waals surface area contributed by atoms with E-state index in [4.69, 9.17) is 9.51 Å². The second-order valence-electron chi connectivity index (χ2n) is 7.12. The van der Waals surface area contributed by atoms with E-state index in [0.29, 0.717) is 24.0 Å². The van der Waals surface area contributed by atoms with Gasteiger partial charge in [0.05, 0.1) is 15.9 Å². The molecule has 5 rings (SSSR count). The summed E-state index contributed by atoms with van der Waals surface area (Å²) >= 11 is 1.55. The first kappa shape index (κ1) is 18.7. The summed E-state index contributed by atoms with van der Waals surface area (Å²) in [5.41, 5.74) is 1.58. The number of thiophene rings is 1. The topological polar surface area (TPSA) is 97.0 Å². The molecule has 0 atom stereocenters.